The van der Waals surface area contributed by atoms with Gasteiger partial charge in [0.25, 0.3) is 0 Å². The minimum Gasteiger partial charge on any atom is -0.507 e. The highest BCUT2D eigenvalue weighted by Crippen LogP contribution is 2.45. The summed E-state index contributed by atoms with van der Waals surface area (Å²) in [7, 11) is 1.46. The summed E-state index contributed by atoms with van der Waals surface area (Å²) < 4.78 is 21.6. The Bertz CT molecular complexity index is 1700. The largest absolute Gasteiger partial charge is 0.507 e. The van der Waals surface area contributed by atoms with Crippen LogP contribution in [0, 0.1) is 0 Å². The molecule has 1 fully saturated rings. The molecule has 13 nitrogen and oxygen atoms in total. The Morgan fingerprint density at radius 1 is 0.857 bits per heavy atom. The van der Waals surface area contributed by atoms with Crippen molar-refractivity contribution in [3.05, 3.63) is 75.9 Å². The molecule has 0 saturated carbocycles. The first-order valence-electron chi connectivity index (χ1n) is 12.6. The van der Waals surface area contributed by atoms with Gasteiger partial charge in [0.05, 0.1) is 18.2 Å². The zero-order chi connectivity index (χ0) is 30.3. The maximum atomic E-state index is 13.0. The Kier molecular flexibility index (Phi) is 7.67. The molecular formula is C29H26O13. The first-order valence-corrected chi connectivity index (χ1v) is 12.6. The van der Waals surface area contributed by atoms with E-state index in [1.54, 1.807) is 0 Å². The minimum absolute atomic E-state index is 0.0550. The molecule has 5 rings (SSSR count). The highest BCUT2D eigenvalue weighted by atomic mass is 16.6. The van der Waals surface area contributed by atoms with E-state index in [4.69, 9.17) is 18.6 Å². The number of phenols is 4. The van der Waals surface area contributed by atoms with Gasteiger partial charge in [0.1, 0.15) is 71.1 Å². The van der Waals surface area contributed by atoms with E-state index in [0.717, 1.165) is 18.2 Å². The summed E-state index contributed by atoms with van der Waals surface area (Å²) in [5.41, 5.74) is -1.14. The lowest BCUT2D eigenvalue weighted by Gasteiger charge is -2.40. The number of fused-ring (bicyclic) bond motifs is 1. The van der Waals surface area contributed by atoms with Crippen LogP contribution in [0.5, 0.6) is 28.7 Å². The van der Waals surface area contributed by atoms with Crippen molar-refractivity contribution in [1.29, 1.82) is 0 Å². The molecule has 42 heavy (non-hydrogen) atoms. The van der Waals surface area contributed by atoms with Crippen LogP contribution < -0.4 is 10.2 Å². The van der Waals surface area contributed by atoms with E-state index in [1.807, 2.05) is 0 Å². The van der Waals surface area contributed by atoms with Crippen LogP contribution in [0.1, 0.15) is 22.0 Å². The van der Waals surface area contributed by atoms with E-state index in [9.17, 15) is 45.3 Å². The van der Waals surface area contributed by atoms with Gasteiger partial charge >= 0.3 is 5.97 Å². The zero-order valence-electron chi connectivity index (χ0n) is 21.9. The molecule has 4 aromatic rings. The molecule has 3 aromatic carbocycles. The molecule has 2 heterocycles. The van der Waals surface area contributed by atoms with Crippen molar-refractivity contribution in [2.24, 2.45) is 0 Å². The summed E-state index contributed by atoms with van der Waals surface area (Å²) in [6.45, 7) is -0.577. The van der Waals surface area contributed by atoms with E-state index in [-0.39, 0.29) is 22.5 Å². The molecule has 0 bridgehead atoms. The number of carbonyl (C=O) groups is 1. The lowest BCUT2D eigenvalue weighted by molar-refractivity contribution is -0.232. The van der Waals surface area contributed by atoms with Gasteiger partial charge in [-0.3, -0.25) is 4.79 Å². The third-order valence-electron chi connectivity index (χ3n) is 6.97. The number of hydrogen-bond acceptors (Lipinski definition) is 13. The molecule has 220 valence electrons. The molecule has 0 aliphatic carbocycles. The SMILES string of the molecule is COc1ccc(C(=O)OC[C@H]2O[C@@H](c3c(O)cc4oc(-c5ccc(O)c(O)c5)cc(=O)c4c3O)[C@H](O)[C@@H](O)[C@@H]2O)cc1. The Morgan fingerprint density at radius 3 is 2.24 bits per heavy atom. The molecule has 0 unspecified atom stereocenters. The highest BCUT2D eigenvalue weighted by molar-refractivity contribution is 5.89. The number of carbonyl (C=O) groups excluding carboxylic acids is 1. The van der Waals surface area contributed by atoms with E-state index in [2.05, 4.69) is 0 Å². The van der Waals surface area contributed by atoms with Gasteiger partial charge in [-0.1, -0.05) is 0 Å². The Balaban J connectivity index is 1.45. The van der Waals surface area contributed by atoms with Gasteiger partial charge in [0.2, 0.25) is 0 Å². The van der Waals surface area contributed by atoms with Crippen molar-refractivity contribution in [2.75, 3.05) is 13.7 Å². The van der Waals surface area contributed by atoms with Crippen LogP contribution in [0.2, 0.25) is 0 Å². The van der Waals surface area contributed by atoms with Gasteiger partial charge in [-0.2, -0.15) is 0 Å². The van der Waals surface area contributed by atoms with E-state index >= 15 is 0 Å². The molecule has 0 spiro atoms. The summed E-state index contributed by atoms with van der Waals surface area (Å²) in [4.78, 5) is 25.5. The first kappa shape index (κ1) is 28.7. The van der Waals surface area contributed by atoms with Crippen LogP contribution in [-0.4, -0.2) is 79.8 Å². The maximum Gasteiger partial charge on any atom is 0.338 e. The van der Waals surface area contributed by atoms with Crippen molar-refractivity contribution in [3.63, 3.8) is 0 Å². The third kappa shape index (κ3) is 5.17. The molecular weight excluding hydrogens is 556 g/mol. The molecule has 1 aliphatic rings. The molecule has 1 aromatic heterocycles. The second kappa shape index (κ2) is 11.2. The predicted molar refractivity (Wildman–Crippen MR) is 143 cm³/mol. The smallest absolute Gasteiger partial charge is 0.338 e. The van der Waals surface area contributed by atoms with Crippen LogP contribution in [-0.2, 0) is 9.47 Å². The van der Waals surface area contributed by atoms with Gasteiger partial charge in [-0.05, 0) is 42.5 Å². The Hall–Kier alpha value is -4.82. The van der Waals surface area contributed by atoms with Crippen molar-refractivity contribution in [3.8, 4) is 40.1 Å². The lowest BCUT2D eigenvalue weighted by Crippen LogP contribution is -2.55. The molecule has 0 radical (unpaired) electrons. The minimum atomic E-state index is -1.88. The normalized spacial score (nSPS) is 22.1. The molecule has 1 aliphatic heterocycles. The van der Waals surface area contributed by atoms with E-state index in [0.29, 0.717) is 5.75 Å². The van der Waals surface area contributed by atoms with Crippen LogP contribution in [0.3, 0.4) is 0 Å². The number of rotatable bonds is 6. The second-order valence-corrected chi connectivity index (χ2v) is 9.60. The highest BCUT2D eigenvalue weighted by Gasteiger charge is 2.46. The zero-order valence-corrected chi connectivity index (χ0v) is 21.9. The predicted octanol–water partition coefficient (Wildman–Crippen LogP) is 1.67. The summed E-state index contributed by atoms with van der Waals surface area (Å²) in [5.74, 6) is -2.69. The Morgan fingerprint density at radius 2 is 1.57 bits per heavy atom. The van der Waals surface area contributed by atoms with Crippen molar-refractivity contribution in [2.45, 2.75) is 30.5 Å². The fraction of sp³-hybridized carbons (Fsp3) is 0.241. The van der Waals surface area contributed by atoms with Gasteiger partial charge in [-0.15, -0.1) is 0 Å². The summed E-state index contributed by atoms with van der Waals surface area (Å²) in [6.07, 6.45) is -8.55. The number of methoxy groups -OCH3 is 1. The van der Waals surface area contributed by atoms with Crippen LogP contribution in [0.25, 0.3) is 22.3 Å². The topological polar surface area (TPSA) is 217 Å². The van der Waals surface area contributed by atoms with Crippen molar-refractivity contribution < 1.29 is 59.2 Å². The Labute approximate surface area is 236 Å². The number of phenolic OH excluding ortho intramolecular Hbond substituents is 4. The number of ether oxygens (including phenoxy) is 3. The number of benzene rings is 3. The van der Waals surface area contributed by atoms with Crippen molar-refractivity contribution >= 4 is 16.9 Å². The molecule has 1 saturated heterocycles. The van der Waals surface area contributed by atoms with Gasteiger partial charge in [0, 0.05) is 17.7 Å². The second-order valence-electron chi connectivity index (χ2n) is 9.60. The van der Waals surface area contributed by atoms with Crippen LogP contribution in [0.4, 0.5) is 0 Å². The van der Waals surface area contributed by atoms with Crippen molar-refractivity contribution in [1.82, 2.24) is 0 Å². The van der Waals surface area contributed by atoms with E-state index < -0.39 is 82.5 Å². The molecule has 13 heteroatoms. The number of aliphatic hydroxyl groups is 3. The quantitative estimate of drug-likeness (QED) is 0.127. The third-order valence-corrected chi connectivity index (χ3v) is 6.97. The number of esters is 1. The number of aromatic hydroxyl groups is 4. The maximum absolute atomic E-state index is 13.0. The molecule has 5 atom stereocenters. The molecule has 0 amide bonds. The average molecular weight is 583 g/mol. The fourth-order valence-corrected chi connectivity index (χ4v) is 4.70. The summed E-state index contributed by atoms with van der Waals surface area (Å²) >= 11 is 0. The summed E-state index contributed by atoms with van der Waals surface area (Å²) in [5, 5.41) is 72.5. The fourth-order valence-electron chi connectivity index (χ4n) is 4.70. The first-order chi connectivity index (χ1) is 20.0. The van der Waals surface area contributed by atoms with E-state index in [1.165, 1.54) is 43.5 Å². The molecule has 7 N–H and O–H groups in total. The van der Waals surface area contributed by atoms with Crippen LogP contribution in [0.15, 0.2) is 63.8 Å². The van der Waals surface area contributed by atoms with Gasteiger partial charge < -0.3 is 54.4 Å². The van der Waals surface area contributed by atoms with Crippen LogP contribution >= 0.6 is 0 Å². The standard InChI is InChI=1S/C29H26O13/c1-39-14-5-2-12(3-6-14)29(38)40-11-21-24(34)26(36)27(37)28(42-21)23-18(33)10-20-22(25(23)35)17(32)9-19(41-20)13-4-7-15(30)16(31)8-13/h2-10,21,24,26-28,30-31,33-37H,11H2,1H3/t21-,24-,26+,27-,28+/m1/s1. The lowest BCUT2D eigenvalue weighted by atomic mass is 9.89. The summed E-state index contributed by atoms with van der Waals surface area (Å²) in [6, 6.07) is 11.7. The van der Waals surface area contributed by atoms with Gasteiger partial charge in [0.15, 0.2) is 16.9 Å². The van der Waals surface area contributed by atoms with Gasteiger partial charge in [-0.25, -0.2) is 4.79 Å². The number of hydrogen-bond donors (Lipinski definition) is 7. The average Bonchev–Trinajstić information content (AvgIpc) is 2.97. The monoisotopic (exact) mass is 582 g/mol. The number of aliphatic hydroxyl groups excluding tert-OH is 3.